The number of carbonyl (C=O) groups excluding carboxylic acids is 1. The van der Waals surface area contributed by atoms with E-state index in [-0.39, 0.29) is 23.1 Å². The second-order valence-electron chi connectivity index (χ2n) is 3.67. The smallest absolute Gasteiger partial charge is 0.336 e. The largest absolute Gasteiger partial charge is 0.478 e. The molecule has 0 spiro atoms. The number of rotatable bonds is 3. The van der Waals surface area contributed by atoms with Crippen molar-refractivity contribution in [2.24, 2.45) is 0 Å². The molecule has 0 fully saturated rings. The van der Waals surface area contributed by atoms with Gasteiger partial charge in [-0.2, -0.15) is 0 Å². The molecule has 2 rings (SSSR count). The zero-order valence-corrected chi connectivity index (χ0v) is 9.99. The van der Waals surface area contributed by atoms with E-state index in [0.717, 1.165) is 0 Å². The van der Waals surface area contributed by atoms with Gasteiger partial charge in [0.05, 0.1) is 11.1 Å². The first-order valence-electron chi connectivity index (χ1n) is 5.36. The van der Waals surface area contributed by atoms with Crippen molar-refractivity contribution in [1.82, 2.24) is 15.0 Å². The Morgan fingerprint density at radius 3 is 2.47 bits per heavy atom. The normalized spacial score (nSPS) is 9.95. The summed E-state index contributed by atoms with van der Waals surface area (Å²) in [7, 11) is 0. The highest BCUT2D eigenvalue weighted by molar-refractivity contribution is 5.97. The molecule has 0 saturated carbocycles. The van der Waals surface area contributed by atoms with Crippen LogP contribution in [0.3, 0.4) is 0 Å². The third-order valence-electron chi connectivity index (χ3n) is 2.25. The Hall–Kier alpha value is -2.83. The van der Waals surface area contributed by atoms with Crippen LogP contribution in [0.1, 0.15) is 17.3 Å². The standard InChI is InChI=1S/C12H10N4O3/c1-7(17)16-10-5-8(12(18)19)9(6-15-10)11-13-3-2-4-14-11/h2-6H,1H3,(H,18,19)(H,15,16,17). The molecule has 2 N–H and O–H groups in total. The lowest BCUT2D eigenvalue weighted by Gasteiger charge is -2.07. The minimum Gasteiger partial charge on any atom is -0.478 e. The molecule has 0 aliphatic rings. The van der Waals surface area contributed by atoms with Crippen molar-refractivity contribution in [3.63, 3.8) is 0 Å². The van der Waals surface area contributed by atoms with Crippen molar-refractivity contribution in [3.8, 4) is 11.4 Å². The van der Waals surface area contributed by atoms with E-state index < -0.39 is 5.97 Å². The summed E-state index contributed by atoms with van der Waals surface area (Å²) >= 11 is 0. The number of nitrogens with one attached hydrogen (secondary N) is 1. The highest BCUT2D eigenvalue weighted by Crippen LogP contribution is 2.21. The van der Waals surface area contributed by atoms with E-state index in [1.807, 2.05) is 0 Å². The van der Waals surface area contributed by atoms with Crippen LogP contribution in [0.15, 0.2) is 30.7 Å². The topological polar surface area (TPSA) is 105 Å². The number of aromatic nitrogens is 3. The highest BCUT2D eigenvalue weighted by Gasteiger charge is 2.15. The van der Waals surface area contributed by atoms with Gasteiger partial charge in [0.25, 0.3) is 0 Å². The summed E-state index contributed by atoms with van der Waals surface area (Å²) in [6.45, 7) is 1.32. The van der Waals surface area contributed by atoms with Crippen LogP contribution in [-0.4, -0.2) is 31.9 Å². The van der Waals surface area contributed by atoms with Crippen LogP contribution in [0.5, 0.6) is 0 Å². The van der Waals surface area contributed by atoms with Gasteiger partial charge in [-0.3, -0.25) is 4.79 Å². The fourth-order valence-electron chi connectivity index (χ4n) is 1.50. The Labute approximate surface area is 108 Å². The van der Waals surface area contributed by atoms with E-state index in [1.54, 1.807) is 6.07 Å². The molecule has 7 nitrogen and oxygen atoms in total. The maximum Gasteiger partial charge on any atom is 0.336 e. The molecule has 0 unspecified atom stereocenters. The van der Waals surface area contributed by atoms with Gasteiger partial charge in [-0.1, -0.05) is 0 Å². The summed E-state index contributed by atoms with van der Waals surface area (Å²) in [5.74, 6) is -1.03. The quantitative estimate of drug-likeness (QED) is 0.856. The molecule has 0 radical (unpaired) electrons. The minimum atomic E-state index is -1.14. The Morgan fingerprint density at radius 2 is 1.89 bits per heavy atom. The number of amides is 1. The number of hydrogen-bond donors (Lipinski definition) is 2. The molecule has 7 heteroatoms. The minimum absolute atomic E-state index is 0.0232. The maximum atomic E-state index is 11.2. The van der Waals surface area contributed by atoms with Gasteiger partial charge in [0.1, 0.15) is 5.82 Å². The number of carboxylic acid groups (broad SMARTS) is 1. The van der Waals surface area contributed by atoms with Gasteiger partial charge in [0, 0.05) is 25.5 Å². The number of pyridine rings is 1. The predicted octanol–water partition coefficient (Wildman–Crippen LogP) is 1.20. The molecular weight excluding hydrogens is 248 g/mol. The van der Waals surface area contributed by atoms with Gasteiger partial charge in [0.15, 0.2) is 5.82 Å². The van der Waals surface area contributed by atoms with Gasteiger partial charge < -0.3 is 10.4 Å². The van der Waals surface area contributed by atoms with Crippen molar-refractivity contribution < 1.29 is 14.7 Å². The molecular formula is C12H10N4O3. The van der Waals surface area contributed by atoms with Crippen LogP contribution in [0.25, 0.3) is 11.4 Å². The number of carboxylic acids is 1. The lowest BCUT2D eigenvalue weighted by molar-refractivity contribution is -0.114. The van der Waals surface area contributed by atoms with Crippen molar-refractivity contribution in [2.75, 3.05) is 5.32 Å². The van der Waals surface area contributed by atoms with E-state index in [4.69, 9.17) is 0 Å². The molecule has 2 aromatic rings. The van der Waals surface area contributed by atoms with Crippen LogP contribution in [0, 0.1) is 0 Å². The summed E-state index contributed by atoms with van der Waals surface area (Å²) in [5.41, 5.74) is 0.271. The van der Waals surface area contributed by atoms with E-state index in [2.05, 4.69) is 20.3 Å². The summed E-state index contributed by atoms with van der Waals surface area (Å²) in [4.78, 5) is 34.1. The van der Waals surface area contributed by atoms with E-state index >= 15 is 0 Å². The van der Waals surface area contributed by atoms with Gasteiger partial charge in [-0.25, -0.2) is 19.7 Å². The van der Waals surface area contributed by atoms with Gasteiger partial charge >= 0.3 is 5.97 Å². The summed E-state index contributed by atoms with van der Waals surface area (Å²) < 4.78 is 0. The Bertz CT molecular complexity index is 628. The van der Waals surface area contributed by atoms with Crippen LogP contribution >= 0.6 is 0 Å². The molecule has 0 bridgehead atoms. The summed E-state index contributed by atoms with van der Waals surface area (Å²) in [6.07, 6.45) is 4.34. The van der Waals surface area contributed by atoms with Crippen molar-refractivity contribution in [2.45, 2.75) is 6.92 Å². The fourth-order valence-corrected chi connectivity index (χ4v) is 1.50. The molecule has 0 saturated heterocycles. The van der Waals surface area contributed by atoms with Crippen LogP contribution in [0.4, 0.5) is 5.82 Å². The number of carbonyl (C=O) groups is 2. The van der Waals surface area contributed by atoms with Crippen molar-refractivity contribution >= 4 is 17.7 Å². The summed E-state index contributed by atoms with van der Waals surface area (Å²) in [5, 5.41) is 11.6. The lowest BCUT2D eigenvalue weighted by Crippen LogP contribution is -2.10. The molecule has 0 aliphatic heterocycles. The van der Waals surface area contributed by atoms with Crippen LogP contribution in [-0.2, 0) is 4.79 Å². The second-order valence-corrected chi connectivity index (χ2v) is 3.67. The van der Waals surface area contributed by atoms with Crippen molar-refractivity contribution in [1.29, 1.82) is 0 Å². The van der Waals surface area contributed by atoms with Crippen molar-refractivity contribution in [3.05, 3.63) is 36.3 Å². The average Bonchev–Trinajstić information content (AvgIpc) is 2.39. The molecule has 19 heavy (non-hydrogen) atoms. The number of anilines is 1. The van der Waals surface area contributed by atoms with Crippen LogP contribution < -0.4 is 5.32 Å². The first-order valence-corrected chi connectivity index (χ1v) is 5.36. The highest BCUT2D eigenvalue weighted by atomic mass is 16.4. The number of hydrogen-bond acceptors (Lipinski definition) is 5. The molecule has 0 atom stereocenters. The zero-order chi connectivity index (χ0) is 13.8. The number of aromatic carboxylic acids is 1. The third kappa shape index (κ3) is 2.89. The predicted molar refractivity (Wildman–Crippen MR) is 66.5 cm³/mol. The SMILES string of the molecule is CC(=O)Nc1cc(C(=O)O)c(-c2ncccn2)cn1. The molecule has 96 valence electrons. The molecule has 1 amide bonds. The van der Waals surface area contributed by atoms with E-state index in [9.17, 15) is 14.7 Å². The molecule has 0 aliphatic carbocycles. The summed E-state index contributed by atoms with van der Waals surface area (Å²) in [6, 6.07) is 2.90. The van der Waals surface area contributed by atoms with Gasteiger partial charge in [0.2, 0.25) is 5.91 Å². The first-order chi connectivity index (χ1) is 9.08. The lowest BCUT2D eigenvalue weighted by atomic mass is 10.1. The maximum absolute atomic E-state index is 11.2. The van der Waals surface area contributed by atoms with Crippen LogP contribution in [0.2, 0.25) is 0 Å². The monoisotopic (exact) mass is 258 g/mol. The second kappa shape index (κ2) is 5.21. The van der Waals surface area contributed by atoms with E-state index in [1.165, 1.54) is 31.6 Å². The molecule has 2 aromatic heterocycles. The Balaban J connectivity index is 2.50. The number of nitrogens with zero attached hydrogens (tertiary/aromatic N) is 3. The Morgan fingerprint density at radius 1 is 1.21 bits per heavy atom. The Kier molecular flexibility index (Phi) is 3.46. The average molecular weight is 258 g/mol. The molecule has 0 aromatic carbocycles. The van der Waals surface area contributed by atoms with E-state index in [0.29, 0.717) is 5.56 Å². The third-order valence-corrected chi connectivity index (χ3v) is 2.25. The zero-order valence-electron chi connectivity index (χ0n) is 9.99. The fraction of sp³-hybridized carbons (Fsp3) is 0.0833. The first kappa shape index (κ1) is 12.6. The van der Waals surface area contributed by atoms with Gasteiger partial charge in [-0.15, -0.1) is 0 Å². The van der Waals surface area contributed by atoms with Gasteiger partial charge in [-0.05, 0) is 12.1 Å². The molecule has 2 heterocycles.